The smallest absolute Gasteiger partial charge is 0.145 e. The maximum absolute atomic E-state index is 8.85. The van der Waals surface area contributed by atoms with Crippen LogP contribution in [0.3, 0.4) is 0 Å². The molecule has 0 unspecified atom stereocenters. The molecule has 0 radical (unpaired) electrons. The fraction of sp³-hybridized carbons (Fsp3) is 0.167. The highest BCUT2D eigenvalue weighted by molar-refractivity contribution is 6.32. The first-order valence-corrected chi connectivity index (χ1v) is 5.43. The van der Waals surface area contributed by atoms with E-state index in [4.69, 9.17) is 22.6 Å². The van der Waals surface area contributed by atoms with Gasteiger partial charge in [-0.3, -0.25) is 0 Å². The minimum absolute atomic E-state index is 0.307. The highest BCUT2D eigenvalue weighted by atomic mass is 35.5. The summed E-state index contributed by atoms with van der Waals surface area (Å²) in [6.45, 7) is 3.90. The maximum atomic E-state index is 8.85. The van der Waals surface area contributed by atoms with E-state index >= 15 is 0 Å². The van der Waals surface area contributed by atoms with Crippen molar-refractivity contribution in [2.45, 2.75) is 13.8 Å². The molecule has 0 saturated heterocycles. The van der Waals surface area contributed by atoms with Crippen LogP contribution in [0.25, 0.3) is 5.69 Å². The number of nitrogens with two attached hydrogens (primary N) is 1. The first-order valence-electron chi connectivity index (χ1n) is 5.05. The van der Waals surface area contributed by atoms with E-state index in [9.17, 15) is 0 Å². The average Bonchev–Trinajstić information content (AvgIpc) is 2.59. The lowest BCUT2D eigenvalue weighted by Crippen LogP contribution is -2.05. The summed E-state index contributed by atoms with van der Waals surface area (Å²) in [5.41, 5.74) is 8.95. The highest BCUT2D eigenvalue weighted by Crippen LogP contribution is 2.28. The van der Waals surface area contributed by atoms with Gasteiger partial charge < -0.3 is 5.73 Å². The summed E-state index contributed by atoms with van der Waals surface area (Å²) in [4.78, 5) is 0. The van der Waals surface area contributed by atoms with Gasteiger partial charge in [-0.2, -0.15) is 10.4 Å². The zero-order valence-corrected chi connectivity index (χ0v) is 10.3. The van der Waals surface area contributed by atoms with Crippen molar-refractivity contribution in [3.63, 3.8) is 0 Å². The maximum Gasteiger partial charge on any atom is 0.145 e. The van der Waals surface area contributed by atoms with Gasteiger partial charge in [-0.05, 0) is 31.0 Å². The third kappa shape index (κ3) is 1.85. The number of nitriles is 1. The van der Waals surface area contributed by atoms with Gasteiger partial charge in [0, 0.05) is 0 Å². The van der Waals surface area contributed by atoms with Crippen LogP contribution < -0.4 is 5.73 Å². The Morgan fingerprint density at radius 3 is 2.65 bits per heavy atom. The molecule has 2 aromatic rings. The van der Waals surface area contributed by atoms with Gasteiger partial charge in [-0.1, -0.05) is 17.7 Å². The Labute approximate surface area is 104 Å². The van der Waals surface area contributed by atoms with Crippen molar-refractivity contribution in [1.82, 2.24) is 9.78 Å². The van der Waals surface area contributed by atoms with Crippen LogP contribution in [0, 0.1) is 25.2 Å². The Bertz CT molecular complexity index is 599. The number of hydrogen-bond donors (Lipinski definition) is 1. The van der Waals surface area contributed by atoms with Crippen LogP contribution in [0.1, 0.15) is 16.7 Å². The molecule has 1 aromatic heterocycles. The molecule has 0 spiro atoms. The van der Waals surface area contributed by atoms with Gasteiger partial charge in [-0.25, -0.2) is 4.68 Å². The molecule has 0 amide bonds. The van der Waals surface area contributed by atoms with Crippen LogP contribution in [-0.4, -0.2) is 9.78 Å². The number of nitrogens with zero attached hydrogens (tertiary/aromatic N) is 3. The van der Waals surface area contributed by atoms with Crippen LogP contribution in [0.15, 0.2) is 18.3 Å². The third-order valence-electron chi connectivity index (χ3n) is 2.54. The molecule has 0 aliphatic rings. The lowest BCUT2D eigenvalue weighted by Gasteiger charge is -2.11. The van der Waals surface area contributed by atoms with Crippen molar-refractivity contribution >= 4 is 17.4 Å². The van der Waals surface area contributed by atoms with Crippen LogP contribution in [0.4, 0.5) is 5.82 Å². The number of benzene rings is 1. The minimum atomic E-state index is 0.307. The Kier molecular flexibility index (Phi) is 2.78. The number of aromatic nitrogens is 2. The second kappa shape index (κ2) is 4.11. The summed E-state index contributed by atoms with van der Waals surface area (Å²) in [5.74, 6) is 0.307. The molecule has 5 heteroatoms. The van der Waals surface area contributed by atoms with Gasteiger partial charge in [0.2, 0.25) is 0 Å². The van der Waals surface area contributed by atoms with E-state index in [0.29, 0.717) is 16.4 Å². The molecule has 0 aliphatic carbocycles. The molecule has 0 aliphatic heterocycles. The standard InChI is InChI=1S/C12H11ClN4/c1-7-3-8(2)11(10(13)4-7)17-12(15)9(5-14)6-16-17/h3-4,6H,15H2,1-2H3. The molecule has 0 saturated carbocycles. The summed E-state index contributed by atoms with van der Waals surface area (Å²) < 4.78 is 1.50. The van der Waals surface area contributed by atoms with E-state index < -0.39 is 0 Å². The Morgan fingerprint density at radius 1 is 1.41 bits per heavy atom. The van der Waals surface area contributed by atoms with Gasteiger partial charge in [0.25, 0.3) is 0 Å². The average molecular weight is 247 g/mol. The molecule has 0 atom stereocenters. The second-order valence-corrected chi connectivity index (χ2v) is 4.29. The zero-order valence-electron chi connectivity index (χ0n) is 9.53. The molecular weight excluding hydrogens is 236 g/mol. The number of rotatable bonds is 1. The van der Waals surface area contributed by atoms with Crippen LogP contribution in [-0.2, 0) is 0 Å². The molecular formula is C12H11ClN4. The SMILES string of the molecule is Cc1cc(C)c(-n2ncc(C#N)c2N)c(Cl)c1. The third-order valence-corrected chi connectivity index (χ3v) is 2.83. The summed E-state index contributed by atoms with van der Waals surface area (Å²) in [6, 6.07) is 5.82. The predicted molar refractivity (Wildman–Crippen MR) is 67.2 cm³/mol. The molecule has 17 heavy (non-hydrogen) atoms. The van der Waals surface area contributed by atoms with Crippen molar-refractivity contribution in [3.8, 4) is 11.8 Å². The largest absolute Gasteiger partial charge is 0.382 e. The van der Waals surface area contributed by atoms with E-state index in [0.717, 1.165) is 16.8 Å². The first kappa shape index (κ1) is 11.5. The van der Waals surface area contributed by atoms with Crippen molar-refractivity contribution in [2.75, 3.05) is 5.73 Å². The number of aryl methyl sites for hydroxylation is 2. The number of halogens is 1. The van der Waals surface area contributed by atoms with Crippen LogP contribution in [0.5, 0.6) is 0 Å². The summed E-state index contributed by atoms with van der Waals surface area (Å²) >= 11 is 6.19. The summed E-state index contributed by atoms with van der Waals surface area (Å²) in [7, 11) is 0. The quantitative estimate of drug-likeness (QED) is 0.841. The van der Waals surface area contributed by atoms with Gasteiger partial charge in [0.1, 0.15) is 17.5 Å². The topological polar surface area (TPSA) is 67.6 Å². The molecule has 0 bridgehead atoms. The Hall–Kier alpha value is -1.99. The fourth-order valence-corrected chi connectivity index (χ4v) is 2.20. The number of anilines is 1. The van der Waals surface area contributed by atoms with E-state index in [1.807, 2.05) is 32.0 Å². The summed E-state index contributed by atoms with van der Waals surface area (Å²) in [5, 5.41) is 13.5. The van der Waals surface area contributed by atoms with Crippen molar-refractivity contribution in [2.24, 2.45) is 0 Å². The molecule has 1 heterocycles. The van der Waals surface area contributed by atoms with Crippen LogP contribution in [0.2, 0.25) is 5.02 Å². The molecule has 1 aromatic carbocycles. The fourth-order valence-electron chi connectivity index (χ4n) is 1.80. The lowest BCUT2D eigenvalue weighted by atomic mass is 10.1. The lowest BCUT2D eigenvalue weighted by molar-refractivity contribution is 0.882. The molecule has 4 nitrogen and oxygen atoms in total. The predicted octanol–water partition coefficient (Wildman–Crippen LogP) is 2.60. The van der Waals surface area contributed by atoms with E-state index in [1.165, 1.54) is 10.9 Å². The van der Waals surface area contributed by atoms with Gasteiger partial charge in [0.05, 0.1) is 16.9 Å². The van der Waals surface area contributed by atoms with Crippen molar-refractivity contribution in [1.29, 1.82) is 5.26 Å². The summed E-state index contributed by atoms with van der Waals surface area (Å²) in [6.07, 6.45) is 1.44. The second-order valence-electron chi connectivity index (χ2n) is 3.88. The Balaban J connectivity index is 2.69. The van der Waals surface area contributed by atoms with Crippen molar-refractivity contribution < 1.29 is 0 Å². The van der Waals surface area contributed by atoms with Gasteiger partial charge in [-0.15, -0.1) is 0 Å². The minimum Gasteiger partial charge on any atom is -0.382 e. The van der Waals surface area contributed by atoms with Gasteiger partial charge >= 0.3 is 0 Å². The van der Waals surface area contributed by atoms with E-state index in [1.54, 1.807) is 0 Å². The number of hydrogen-bond acceptors (Lipinski definition) is 3. The molecule has 2 N–H and O–H groups in total. The van der Waals surface area contributed by atoms with E-state index in [-0.39, 0.29) is 0 Å². The van der Waals surface area contributed by atoms with E-state index in [2.05, 4.69) is 5.10 Å². The number of nitrogen functional groups attached to an aromatic ring is 1. The van der Waals surface area contributed by atoms with Crippen LogP contribution >= 0.6 is 11.6 Å². The first-order chi connectivity index (χ1) is 8.04. The molecule has 86 valence electrons. The van der Waals surface area contributed by atoms with Crippen molar-refractivity contribution in [3.05, 3.63) is 40.0 Å². The zero-order chi connectivity index (χ0) is 12.6. The molecule has 2 rings (SSSR count). The highest BCUT2D eigenvalue weighted by Gasteiger charge is 2.13. The normalized spacial score (nSPS) is 10.2. The monoisotopic (exact) mass is 246 g/mol. The Morgan fingerprint density at radius 2 is 2.12 bits per heavy atom. The van der Waals surface area contributed by atoms with Gasteiger partial charge in [0.15, 0.2) is 0 Å². The molecule has 0 fully saturated rings.